The molecule has 3 aromatic rings. The molecule has 18 heavy (non-hydrogen) atoms. The van der Waals surface area contributed by atoms with Gasteiger partial charge in [-0.05, 0) is 16.8 Å². The zero-order chi connectivity index (χ0) is 12.4. The van der Waals surface area contributed by atoms with Crippen molar-refractivity contribution in [3.8, 4) is 5.75 Å². The van der Waals surface area contributed by atoms with Gasteiger partial charge in [0.2, 0.25) is 0 Å². The fraction of sp³-hybridized carbons (Fsp3) is 0.0588. The van der Waals surface area contributed by atoms with Crippen LogP contribution in [0.2, 0.25) is 0 Å². The Morgan fingerprint density at radius 1 is 0.889 bits per heavy atom. The van der Waals surface area contributed by atoms with Crippen LogP contribution in [0.5, 0.6) is 5.75 Å². The van der Waals surface area contributed by atoms with Gasteiger partial charge in [-0.15, -0.1) is 0 Å². The van der Waals surface area contributed by atoms with Crippen LogP contribution in [0.4, 0.5) is 0 Å². The van der Waals surface area contributed by atoms with E-state index in [1.807, 2.05) is 24.3 Å². The molecule has 0 amide bonds. The summed E-state index contributed by atoms with van der Waals surface area (Å²) in [5, 5.41) is 4.71. The number of benzene rings is 3. The van der Waals surface area contributed by atoms with E-state index in [0.29, 0.717) is 6.61 Å². The van der Waals surface area contributed by atoms with Crippen LogP contribution in [0.25, 0.3) is 21.5 Å². The summed E-state index contributed by atoms with van der Waals surface area (Å²) in [6, 6.07) is 18.8. The van der Waals surface area contributed by atoms with E-state index in [0.717, 1.165) is 16.5 Å². The lowest BCUT2D eigenvalue weighted by Crippen LogP contribution is -1.94. The Kier molecular flexibility index (Phi) is 2.73. The maximum absolute atomic E-state index is 5.86. The van der Waals surface area contributed by atoms with Gasteiger partial charge >= 0.3 is 0 Å². The minimum absolute atomic E-state index is 0.526. The molecule has 0 radical (unpaired) electrons. The molecule has 0 spiro atoms. The van der Waals surface area contributed by atoms with Crippen LogP contribution < -0.4 is 4.74 Å². The summed E-state index contributed by atoms with van der Waals surface area (Å²) in [6.45, 7) is 4.24. The molecule has 0 unspecified atom stereocenters. The van der Waals surface area contributed by atoms with Gasteiger partial charge in [-0.2, -0.15) is 0 Å². The Labute approximate surface area is 106 Å². The Morgan fingerprint density at radius 2 is 1.44 bits per heavy atom. The first-order chi connectivity index (χ1) is 8.90. The van der Waals surface area contributed by atoms with Crippen LogP contribution in [-0.2, 0) is 0 Å². The van der Waals surface area contributed by atoms with Gasteiger partial charge in [0.15, 0.2) is 0 Å². The monoisotopic (exact) mass is 234 g/mol. The second-order valence-electron chi connectivity index (χ2n) is 4.25. The standard InChI is InChI=1S/C17H14O/c1-2-11-18-17-15-9-5-3-7-13(15)12-14-8-4-6-10-16(14)17/h2-10,12H,1,11H2. The smallest absolute Gasteiger partial charge is 0.135 e. The van der Waals surface area contributed by atoms with Gasteiger partial charge in [0.1, 0.15) is 12.4 Å². The average Bonchev–Trinajstić information content (AvgIpc) is 2.43. The van der Waals surface area contributed by atoms with Crippen molar-refractivity contribution in [3.63, 3.8) is 0 Å². The maximum Gasteiger partial charge on any atom is 0.135 e. The molecule has 0 saturated carbocycles. The third kappa shape index (κ3) is 1.74. The fourth-order valence-corrected chi connectivity index (χ4v) is 2.27. The van der Waals surface area contributed by atoms with E-state index in [1.54, 1.807) is 6.08 Å². The molecule has 0 aromatic heterocycles. The molecule has 1 nitrogen and oxygen atoms in total. The van der Waals surface area contributed by atoms with Gasteiger partial charge in [-0.25, -0.2) is 0 Å². The van der Waals surface area contributed by atoms with Crippen molar-refractivity contribution < 1.29 is 4.74 Å². The van der Waals surface area contributed by atoms with Crippen LogP contribution >= 0.6 is 0 Å². The summed E-state index contributed by atoms with van der Waals surface area (Å²) in [4.78, 5) is 0. The molecule has 0 heterocycles. The van der Waals surface area contributed by atoms with Gasteiger partial charge < -0.3 is 4.74 Å². The van der Waals surface area contributed by atoms with Crippen LogP contribution in [0.1, 0.15) is 0 Å². The summed E-state index contributed by atoms with van der Waals surface area (Å²) in [6.07, 6.45) is 1.77. The molecule has 3 aromatic carbocycles. The van der Waals surface area contributed by atoms with Gasteiger partial charge in [0, 0.05) is 10.8 Å². The van der Waals surface area contributed by atoms with Crippen molar-refractivity contribution in [3.05, 3.63) is 67.3 Å². The van der Waals surface area contributed by atoms with E-state index in [2.05, 4.69) is 36.9 Å². The first kappa shape index (κ1) is 10.8. The lowest BCUT2D eigenvalue weighted by atomic mass is 10.0. The van der Waals surface area contributed by atoms with E-state index < -0.39 is 0 Å². The largest absolute Gasteiger partial charge is 0.488 e. The third-order valence-electron chi connectivity index (χ3n) is 3.07. The zero-order valence-electron chi connectivity index (χ0n) is 10.1. The van der Waals surface area contributed by atoms with E-state index in [4.69, 9.17) is 4.74 Å². The lowest BCUT2D eigenvalue weighted by Gasteiger charge is -2.11. The number of rotatable bonds is 3. The molecule has 0 atom stereocenters. The highest BCUT2D eigenvalue weighted by Crippen LogP contribution is 2.34. The molecule has 3 rings (SSSR count). The Morgan fingerprint density at radius 3 is 2.00 bits per heavy atom. The number of fused-ring (bicyclic) bond motifs is 2. The molecular weight excluding hydrogens is 220 g/mol. The predicted molar refractivity (Wildman–Crippen MR) is 77.1 cm³/mol. The number of ether oxygens (including phenoxy) is 1. The van der Waals surface area contributed by atoms with Gasteiger partial charge in [-0.3, -0.25) is 0 Å². The summed E-state index contributed by atoms with van der Waals surface area (Å²) in [7, 11) is 0. The number of hydrogen-bond donors (Lipinski definition) is 0. The Bertz CT molecular complexity index is 659. The Hall–Kier alpha value is -2.28. The van der Waals surface area contributed by atoms with E-state index in [-0.39, 0.29) is 0 Å². The Balaban J connectivity index is 2.37. The number of hydrogen-bond acceptors (Lipinski definition) is 1. The molecule has 1 heteroatoms. The first-order valence-electron chi connectivity index (χ1n) is 6.04. The normalized spacial score (nSPS) is 10.7. The van der Waals surface area contributed by atoms with Crippen LogP contribution in [0, 0.1) is 0 Å². The van der Waals surface area contributed by atoms with Gasteiger partial charge in [0.25, 0.3) is 0 Å². The molecular formula is C17H14O. The molecule has 0 fully saturated rings. The lowest BCUT2D eigenvalue weighted by molar-refractivity contribution is 0.372. The summed E-state index contributed by atoms with van der Waals surface area (Å²) in [5.74, 6) is 0.948. The highest BCUT2D eigenvalue weighted by Gasteiger charge is 2.07. The van der Waals surface area contributed by atoms with Crippen molar-refractivity contribution in [2.45, 2.75) is 0 Å². The zero-order valence-corrected chi connectivity index (χ0v) is 10.1. The molecule has 0 saturated heterocycles. The van der Waals surface area contributed by atoms with Crippen molar-refractivity contribution in [2.75, 3.05) is 6.61 Å². The molecule has 0 N–H and O–H groups in total. The minimum atomic E-state index is 0.526. The van der Waals surface area contributed by atoms with Crippen LogP contribution in [0.3, 0.4) is 0 Å². The summed E-state index contributed by atoms with van der Waals surface area (Å²) < 4.78 is 5.86. The van der Waals surface area contributed by atoms with Gasteiger partial charge in [0.05, 0.1) is 0 Å². The maximum atomic E-state index is 5.86. The van der Waals surface area contributed by atoms with E-state index in [9.17, 15) is 0 Å². The molecule has 0 bridgehead atoms. The topological polar surface area (TPSA) is 9.23 Å². The van der Waals surface area contributed by atoms with Crippen LogP contribution in [0.15, 0.2) is 67.3 Å². The van der Waals surface area contributed by atoms with Crippen molar-refractivity contribution in [1.82, 2.24) is 0 Å². The molecule has 0 aliphatic rings. The molecule has 0 aliphatic carbocycles. The second kappa shape index (κ2) is 4.53. The summed E-state index contributed by atoms with van der Waals surface area (Å²) >= 11 is 0. The van der Waals surface area contributed by atoms with E-state index in [1.165, 1.54) is 10.8 Å². The van der Waals surface area contributed by atoms with Crippen molar-refractivity contribution in [1.29, 1.82) is 0 Å². The van der Waals surface area contributed by atoms with Crippen molar-refractivity contribution >= 4 is 21.5 Å². The first-order valence-corrected chi connectivity index (χ1v) is 6.04. The minimum Gasteiger partial charge on any atom is -0.488 e. The molecule has 88 valence electrons. The van der Waals surface area contributed by atoms with Crippen molar-refractivity contribution in [2.24, 2.45) is 0 Å². The fourth-order valence-electron chi connectivity index (χ4n) is 2.27. The highest BCUT2D eigenvalue weighted by molar-refractivity contribution is 6.05. The SMILES string of the molecule is C=CCOc1c2ccccc2cc2ccccc12. The van der Waals surface area contributed by atoms with E-state index >= 15 is 0 Å². The predicted octanol–water partition coefficient (Wildman–Crippen LogP) is 4.56. The quantitative estimate of drug-likeness (QED) is 0.477. The van der Waals surface area contributed by atoms with Crippen LogP contribution in [-0.4, -0.2) is 6.61 Å². The molecule has 0 aliphatic heterocycles. The van der Waals surface area contributed by atoms with Gasteiger partial charge in [-0.1, -0.05) is 61.2 Å². The third-order valence-corrected chi connectivity index (χ3v) is 3.07. The summed E-state index contributed by atoms with van der Waals surface area (Å²) in [5.41, 5.74) is 0. The second-order valence-corrected chi connectivity index (χ2v) is 4.25. The highest BCUT2D eigenvalue weighted by atomic mass is 16.5. The average molecular weight is 234 g/mol.